The molecule has 0 amide bonds. The number of H-pyrrole nitrogens is 1. The van der Waals surface area contributed by atoms with Gasteiger partial charge in [-0.3, -0.25) is 0 Å². The molecule has 0 fully saturated rings. The van der Waals surface area contributed by atoms with Crippen molar-refractivity contribution >= 4 is 33.0 Å². The van der Waals surface area contributed by atoms with Crippen molar-refractivity contribution in [1.29, 1.82) is 0 Å². The lowest BCUT2D eigenvalue weighted by molar-refractivity contribution is 0.423. The highest BCUT2D eigenvalue weighted by molar-refractivity contribution is 7.38. The van der Waals surface area contributed by atoms with Gasteiger partial charge in [-0.2, -0.15) is 0 Å². The van der Waals surface area contributed by atoms with E-state index in [1.165, 1.54) is 0 Å². The summed E-state index contributed by atoms with van der Waals surface area (Å²) in [4.78, 5) is 8.02. The zero-order valence-corrected chi connectivity index (χ0v) is 18.7. The zero-order valence-electron chi connectivity index (χ0n) is 15.2. The largest absolute Gasteiger partial charge is 0.453 e. The molecule has 0 saturated heterocycles. The van der Waals surface area contributed by atoms with Gasteiger partial charge in [-0.25, -0.2) is 9.37 Å². The van der Waals surface area contributed by atoms with Crippen LogP contribution in [0.2, 0.25) is 0 Å². The summed E-state index contributed by atoms with van der Waals surface area (Å²) >= 11 is 0. The molecule has 0 radical (unpaired) electrons. The summed E-state index contributed by atoms with van der Waals surface area (Å²) in [7, 11) is 7.05. The number of aromatic amines is 1. The molecule has 3 unspecified atom stereocenters. The number of halogens is 1. The van der Waals surface area contributed by atoms with Crippen LogP contribution in [0.3, 0.4) is 0 Å². The number of aromatic nitrogens is 2. The Kier molecular flexibility index (Phi) is 5.23. The fourth-order valence-electron chi connectivity index (χ4n) is 3.03. The Bertz CT molecular complexity index is 1130. The molecular weight excluding hydrogens is 408 g/mol. The monoisotopic (exact) mass is 428 g/mol. The van der Waals surface area contributed by atoms with Gasteiger partial charge in [0.15, 0.2) is 16.7 Å². The Morgan fingerprint density at radius 2 is 1.68 bits per heavy atom. The number of imidazole rings is 1. The van der Waals surface area contributed by atoms with Gasteiger partial charge in [-0.05, 0) is 36.0 Å². The zero-order chi connectivity index (χ0) is 19.9. The minimum absolute atomic E-state index is 0.548. The van der Waals surface area contributed by atoms with Crippen molar-refractivity contribution < 1.29 is 8.81 Å². The average molecular weight is 428 g/mol. The van der Waals surface area contributed by atoms with Gasteiger partial charge in [0, 0.05) is 16.8 Å². The van der Waals surface area contributed by atoms with E-state index in [1.54, 1.807) is 12.1 Å². The third kappa shape index (κ3) is 3.96. The number of furan rings is 1. The van der Waals surface area contributed by atoms with Crippen LogP contribution in [0.5, 0.6) is 0 Å². The maximum Gasteiger partial charge on any atom is 0.174 e. The fraction of sp³-hybridized carbons (Fsp3) is 0.0952. The lowest BCUT2D eigenvalue weighted by Crippen LogP contribution is -1.99. The second-order valence-electron chi connectivity index (χ2n) is 6.69. The second kappa shape index (κ2) is 7.53. The molecule has 142 valence electrons. The van der Waals surface area contributed by atoms with Crippen LogP contribution in [0, 0.1) is 6.92 Å². The van der Waals surface area contributed by atoms with Crippen molar-refractivity contribution in [3.8, 4) is 34.2 Å². The number of nitrogens with zero attached hydrogens (tertiary/aromatic N) is 1. The fourth-order valence-corrected chi connectivity index (χ4v) is 3.58. The van der Waals surface area contributed by atoms with Crippen molar-refractivity contribution in [3.63, 3.8) is 0 Å². The minimum Gasteiger partial charge on any atom is -0.453 e. The highest BCUT2D eigenvalue weighted by Gasteiger charge is 2.20. The number of rotatable bonds is 4. The molecule has 4 rings (SSSR count). The van der Waals surface area contributed by atoms with E-state index in [-0.39, 0.29) is 0 Å². The van der Waals surface area contributed by atoms with Gasteiger partial charge in [0.05, 0.1) is 5.69 Å². The first-order valence-electron chi connectivity index (χ1n) is 8.71. The number of hydrogen-bond donors (Lipinski definition) is 1. The van der Waals surface area contributed by atoms with E-state index < -0.39 is 5.15 Å². The first-order chi connectivity index (χ1) is 13.3. The minimum atomic E-state index is -1.56. The molecule has 0 saturated carbocycles. The Labute approximate surface area is 170 Å². The first kappa shape index (κ1) is 19.5. The van der Waals surface area contributed by atoms with E-state index in [0.29, 0.717) is 22.9 Å². The summed E-state index contributed by atoms with van der Waals surface area (Å²) in [5, 5.41) is -0.436. The van der Waals surface area contributed by atoms with Gasteiger partial charge in [0.1, 0.15) is 5.76 Å². The summed E-state index contributed by atoms with van der Waals surface area (Å²) in [5.74, 6) is 1.97. The average Bonchev–Trinajstić information content (AvgIpc) is 3.29. The third-order valence-corrected chi connectivity index (χ3v) is 5.55. The molecule has 0 aliphatic heterocycles. The summed E-state index contributed by atoms with van der Waals surface area (Å²) < 4.78 is 20.2. The molecule has 0 aliphatic carbocycles. The van der Waals surface area contributed by atoms with Gasteiger partial charge in [0.25, 0.3) is 0 Å². The lowest BCUT2D eigenvalue weighted by atomic mass is 10.1. The van der Waals surface area contributed by atoms with E-state index in [1.807, 2.05) is 55.5 Å². The second-order valence-corrected chi connectivity index (χ2v) is 9.71. The molecule has 2 aromatic carbocycles. The molecule has 3 nitrogen and oxygen atoms in total. The summed E-state index contributed by atoms with van der Waals surface area (Å²) in [6.07, 6.45) is 0. The number of benzene rings is 2. The van der Waals surface area contributed by atoms with Crippen LogP contribution in [0.15, 0.2) is 65.1 Å². The Hall–Kier alpha value is -1.85. The molecule has 0 spiro atoms. The van der Waals surface area contributed by atoms with E-state index in [9.17, 15) is 4.39 Å². The molecule has 2 heterocycles. The first-order valence-corrected chi connectivity index (χ1v) is 10.4. The number of aryl methyl sites for hydroxylation is 1. The van der Waals surface area contributed by atoms with Crippen molar-refractivity contribution in [2.45, 2.75) is 12.1 Å². The Morgan fingerprint density at radius 3 is 2.39 bits per heavy atom. The van der Waals surface area contributed by atoms with Crippen LogP contribution in [0.25, 0.3) is 34.2 Å². The normalized spacial score (nSPS) is 11.8. The lowest BCUT2D eigenvalue weighted by Gasteiger charge is -2.14. The van der Waals surface area contributed by atoms with E-state index in [0.717, 1.165) is 27.8 Å². The predicted octanol–water partition coefficient (Wildman–Crippen LogP) is 5.64. The van der Waals surface area contributed by atoms with Crippen LogP contribution in [0.1, 0.15) is 11.3 Å². The Morgan fingerprint density at radius 1 is 0.964 bits per heavy atom. The van der Waals surface area contributed by atoms with E-state index in [2.05, 4.69) is 32.7 Å². The summed E-state index contributed by atoms with van der Waals surface area (Å²) in [5.41, 5.74) is 4.28. The molecule has 7 heteroatoms. The SMILES string of the molecule is Cc1[nH]c(-c2ccc(-c3cccc(C(F)(P)P)c3)o2)nc1-c1ccc(P)cc1. The standard InChI is InChI=1S/C21H20FN2OP3/c1-12-19(13-5-7-16(26)8-6-13)24-20(23-12)18-10-9-17(25-18)14-3-2-4-15(11-14)21(22,27)28/h2-11H,26-28H2,1H3,(H,23,24). The number of hydrogen-bond acceptors (Lipinski definition) is 2. The molecule has 1 N–H and O–H groups in total. The summed E-state index contributed by atoms with van der Waals surface area (Å²) in [6, 6.07) is 19.2. The van der Waals surface area contributed by atoms with Crippen LogP contribution in [0.4, 0.5) is 4.39 Å². The van der Waals surface area contributed by atoms with E-state index >= 15 is 0 Å². The van der Waals surface area contributed by atoms with Crippen molar-refractivity contribution in [2.75, 3.05) is 0 Å². The molecular formula is C21H20FN2OP3. The molecule has 28 heavy (non-hydrogen) atoms. The van der Waals surface area contributed by atoms with Gasteiger partial charge in [-0.1, -0.05) is 60.9 Å². The molecule has 4 aromatic rings. The highest BCUT2D eigenvalue weighted by atomic mass is 31.1. The van der Waals surface area contributed by atoms with Gasteiger partial charge >= 0.3 is 0 Å². The van der Waals surface area contributed by atoms with Gasteiger partial charge in [0.2, 0.25) is 0 Å². The van der Waals surface area contributed by atoms with Crippen molar-refractivity contribution in [1.82, 2.24) is 9.97 Å². The maximum absolute atomic E-state index is 14.2. The van der Waals surface area contributed by atoms with Crippen molar-refractivity contribution in [3.05, 3.63) is 71.9 Å². The predicted molar refractivity (Wildman–Crippen MR) is 123 cm³/mol. The molecule has 2 aromatic heterocycles. The van der Waals surface area contributed by atoms with Crippen LogP contribution in [-0.2, 0) is 5.15 Å². The van der Waals surface area contributed by atoms with Gasteiger partial charge in [-0.15, -0.1) is 9.24 Å². The third-order valence-electron chi connectivity index (χ3n) is 4.50. The van der Waals surface area contributed by atoms with Crippen LogP contribution < -0.4 is 5.30 Å². The molecule has 0 bridgehead atoms. The van der Waals surface area contributed by atoms with Crippen LogP contribution in [-0.4, -0.2) is 9.97 Å². The smallest absolute Gasteiger partial charge is 0.174 e. The number of nitrogens with one attached hydrogen (secondary N) is 1. The highest BCUT2D eigenvalue weighted by Crippen LogP contribution is 2.41. The Balaban J connectivity index is 1.67. The quantitative estimate of drug-likeness (QED) is 0.428. The number of alkyl halides is 1. The van der Waals surface area contributed by atoms with Crippen LogP contribution >= 0.6 is 27.7 Å². The topological polar surface area (TPSA) is 41.8 Å². The van der Waals surface area contributed by atoms with Crippen molar-refractivity contribution in [2.24, 2.45) is 0 Å². The van der Waals surface area contributed by atoms with Gasteiger partial charge < -0.3 is 9.40 Å². The molecule has 0 aliphatic rings. The van der Waals surface area contributed by atoms with E-state index in [4.69, 9.17) is 9.40 Å². The molecule has 3 atom stereocenters. The maximum atomic E-state index is 14.2. The summed E-state index contributed by atoms with van der Waals surface area (Å²) in [6.45, 7) is 1.99.